The molecular formula is C20H25ClFN3O. The van der Waals surface area contributed by atoms with Gasteiger partial charge < -0.3 is 16.5 Å². The summed E-state index contributed by atoms with van der Waals surface area (Å²) in [5.41, 5.74) is 16.5. The number of carbonyl (C=O) groups is 1. The molecule has 0 radical (unpaired) electrons. The monoisotopic (exact) mass is 377 g/mol. The van der Waals surface area contributed by atoms with Gasteiger partial charge in [-0.15, -0.1) is 12.4 Å². The highest BCUT2D eigenvalue weighted by Gasteiger charge is 2.26. The Morgan fingerprint density at radius 3 is 2.73 bits per heavy atom. The molecule has 0 saturated carbocycles. The molecule has 26 heavy (non-hydrogen) atoms. The summed E-state index contributed by atoms with van der Waals surface area (Å²) < 4.78 is 15.1. The van der Waals surface area contributed by atoms with Gasteiger partial charge in [0, 0.05) is 22.7 Å². The number of aryl methyl sites for hydroxylation is 2. The Bertz CT molecular complexity index is 887. The average Bonchev–Trinajstić information content (AvgIpc) is 2.76. The van der Waals surface area contributed by atoms with Crippen molar-refractivity contribution in [2.24, 2.45) is 11.5 Å². The van der Waals surface area contributed by atoms with Crippen LogP contribution in [0.4, 0.5) is 4.39 Å². The standard InChI is InChI=1S/C20H24FN3O.ClH/c21-15-10-14(20(23)25)19-18(13-7-2-1-3-8-16(13)24-19)17(15)11-5-4-6-12(22)9-11;/h5,10,12,24H,1-4,6-9,22H2,(H2,23,25);1H/t12-;/m0./s1. The zero-order valence-corrected chi connectivity index (χ0v) is 15.6. The molecule has 0 aliphatic heterocycles. The molecule has 1 amide bonds. The SMILES string of the molecule is Cl.NC(=O)c1cc(F)c(C2=CCC[C@H](N)C2)c2c3c([nH]c12)CCCCC3. The molecule has 0 bridgehead atoms. The first-order chi connectivity index (χ1) is 12.1. The van der Waals surface area contributed by atoms with Crippen molar-refractivity contribution in [1.82, 2.24) is 4.98 Å². The van der Waals surface area contributed by atoms with Crippen LogP contribution in [-0.2, 0) is 12.8 Å². The van der Waals surface area contributed by atoms with Crippen molar-refractivity contribution in [1.29, 1.82) is 0 Å². The third kappa shape index (κ3) is 3.14. The topological polar surface area (TPSA) is 84.9 Å². The molecular weight excluding hydrogens is 353 g/mol. The molecule has 0 fully saturated rings. The molecule has 6 heteroatoms. The van der Waals surface area contributed by atoms with E-state index in [0.29, 0.717) is 17.5 Å². The number of amides is 1. The molecule has 140 valence electrons. The maximum atomic E-state index is 15.1. The van der Waals surface area contributed by atoms with Crippen LogP contribution >= 0.6 is 12.4 Å². The van der Waals surface area contributed by atoms with Crippen LogP contribution in [0.2, 0.25) is 0 Å². The van der Waals surface area contributed by atoms with Gasteiger partial charge in [0.25, 0.3) is 5.91 Å². The van der Waals surface area contributed by atoms with E-state index in [9.17, 15) is 4.79 Å². The number of aromatic amines is 1. The molecule has 1 aromatic carbocycles. The van der Waals surface area contributed by atoms with Crippen LogP contribution < -0.4 is 11.5 Å². The number of halogens is 2. The van der Waals surface area contributed by atoms with E-state index < -0.39 is 5.91 Å². The van der Waals surface area contributed by atoms with Crippen molar-refractivity contribution in [3.05, 3.63) is 40.3 Å². The number of hydrogen-bond acceptors (Lipinski definition) is 2. The van der Waals surface area contributed by atoms with Crippen molar-refractivity contribution < 1.29 is 9.18 Å². The fourth-order valence-corrected chi connectivity index (χ4v) is 4.38. The molecule has 2 aliphatic rings. The van der Waals surface area contributed by atoms with Gasteiger partial charge in [-0.05, 0) is 62.1 Å². The molecule has 0 spiro atoms. The van der Waals surface area contributed by atoms with Gasteiger partial charge in [-0.2, -0.15) is 0 Å². The van der Waals surface area contributed by atoms with Gasteiger partial charge in [0.05, 0.1) is 11.1 Å². The smallest absolute Gasteiger partial charge is 0.250 e. The van der Waals surface area contributed by atoms with Crippen molar-refractivity contribution in [2.45, 2.75) is 57.4 Å². The largest absolute Gasteiger partial charge is 0.366 e. The van der Waals surface area contributed by atoms with Gasteiger partial charge in [-0.3, -0.25) is 4.79 Å². The van der Waals surface area contributed by atoms with Crippen LogP contribution in [0.25, 0.3) is 16.5 Å². The van der Waals surface area contributed by atoms with Crippen LogP contribution in [0.5, 0.6) is 0 Å². The molecule has 1 aromatic heterocycles. The van der Waals surface area contributed by atoms with Crippen molar-refractivity contribution in [3.8, 4) is 0 Å². The fourth-order valence-electron chi connectivity index (χ4n) is 4.38. The lowest BCUT2D eigenvalue weighted by molar-refractivity contribution is 0.100. The number of allylic oxidation sites excluding steroid dienone is 1. The molecule has 2 aromatic rings. The molecule has 5 N–H and O–H groups in total. The number of primary amides is 1. The van der Waals surface area contributed by atoms with Crippen molar-refractivity contribution in [2.75, 3.05) is 0 Å². The highest BCUT2D eigenvalue weighted by atomic mass is 35.5. The van der Waals surface area contributed by atoms with Crippen molar-refractivity contribution in [3.63, 3.8) is 0 Å². The summed E-state index contributed by atoms with van der Waals surface area (Å²) in [7, 11) is 0. The van der Waals surface area contributed by atoms with Crippen LogP contribution in [0.3, 0.4) is 0 Å². The second kappa shape index (κ2) is 7.41. The second-order valence-electron chi connectivity index (χ2n) is 7.31. The van der Waals surface area contributed by atoms with Crippen LogP contribution in [0, 0.1) is 5.82 Å². The number of rotatable bonds is 2. The van der Waals surface area contributed by atoms with Crippen molar-refractivity contribution >= 4 is 34.8 Å². The molecule has 4 rings (SSSR count). The highest BCUT2D eigenvalue weighted by Crippen LogP contribution is 2.39. The first-order valence-electron chi connectivity index (χ1n) is 9.17. The summed E-state index contributed by atoms with van der Waals surface area (Å²) in [5, 5.41) is 0.853. The first-order valence-corrected chi connectivity index (χ1v) is 9.17. The summed E-state index contributed by atoms with van der Waals surface area (Å²) in [6, 6.07) is 1.35. The molecule has 1 heterocycles. The molecule has 0 saturated heterocycles. The maximum absolute atomic E-state index is 15.1. The lowest BCUT2D eigenvalue weighted by Gasteiger charge is -2.21. The minimum Gasteiger partial charge on any atom is -0.366 e. The predicted octanol–water partition coefficient (Wildman–Crippen LogP) is 3.99. The van der Waals surface area contributed by atoms with Gasteiger partial charge in [0.1, 0.15) is 5.82 Å². The number of aromatic nitrogens is 1. The Labute approximate surface area is 158 Å². The Morgan fingerprint density at radius 1 is 1.23 bits per heavy atom. The van der Waals surface area contributed by atoms with E-state index in [2.05, 4.69) is 11.1 Å². The number of benzene rings is 1. The van der Waals surface area contributed by atoms with E-state index in [-0.39, 0.29) is 29.8 Å². The summed E-state index contributed by atoms with van der Waals surface area (Å²) in [6.45, 7) is 0. The van der Waals surface area contributed by atoms with E-state index >= 15 is 4.39 Å². The molecule has 1 atom stereocenters. The summed E-state index contributed by atoms with van der Waals surface area (Å²) in [4.78, 5) is 15.3. The predicted molar refractivity (Wildman–Crippen MR) is 105 cm³/mol. The lowest BCUT2D eigenvalue weighted by atomic mass is 9.86. The van der Waals surface area contributed by atoms with E-state index in [0.717, 1.165) is 60.7 Å². The fraction of sp³-hybridized carbons (Fsp3) is 0.450. The summed E-state index contributed by atoms with van der Waals surface area (Å²) in [6.07, 6.45) is 9.76. The van der Waals surface area contributed by atoms with Gasteiger partial charge in [0.15, 0.2) is 0 Å². The van der Waals surface area contributed by atoms with Gasteiger partial charge in [-0.1, -0.05) is 12.5 Å². The number of fused-ring (bicyclic) bond motifs is 3. The lowest BCUT2D eigenvalue weighted by Crippen LogP contribution is -2.22. The van der Waals surface area contributed by atoms with Gasteiger partial charge >= 0.3 is 0 Å². The zero-order chi connectivity index (χ0) is 17.6. The van der Waals surface area contributed by atoms with E-state index in [1.165, 1.54) is 12.5 Å². The average molecular weight is 378 g/mol. The number of H-pyrrole nitrogens is 1. The zero-order valence-electron chi connectivity index (χ0n) is 14.7. The van der Waals surface area contributed by atoms with Gasteiger partial charge in [0.2, 0.25) is 0 Å². The minimum absolute atomic E-state index is 0. The first kappa shape index (κ1) is 18.9. The number of carbonyl (C=O) groups excluding carboxylic acids is 1. The summed E-state index contributed by atoms with van der Waals surface area (Å²) >= 11 is 0. The Morgan fingerprint density at radius 2 is 2.00 bits per heavy atom. The maximum Gasteiger partial charge on any atom is 0.250 e. The number of hydrogen-bond donors (Lipinski definition) is 3. The van der Waals surface area contributed by atoms with E-state index in [1.54, 1.807) is 0 Å². The Balaban J connectivity index is 0.00000196. The molecule has 4 nitrogen and oxygen atoms in total. The molecule has 2 aliphatic carbocycles. The molecule has 0 unspecified atom stereocenters. The Hall–Kier alpha value is -1.85. The normalized spacial score (nSPS) is 20.1. The van der Waals surface area contributed by atoms with Crippen LogP contribution in [0.15, 0.2) is 12.1 Å². The van der Waals surface area contributed by atoms with Crippen LogP contribution in [-0.4, -0.2) is 16.9 Å². The number of nitrogens with one attached hydrogen (secondary N) is 1. The minimum atomic E-state index is -0.596. The number of nitrogens with two attached hydrogens (primary N) is 2. The summed E-state index contributed by atoms with van der Waals surface area (Å²) in [5.74, 6) is -0.964. The van der Waals surface area contributed by atoms with Gasteiger partial charge in [-0.25, -0.2) is 4.39 Å². The third-order valence-electron chi connectivity index (χ3n) is 5.57. The Kier molecular flexibility index (Phi) is 5.39. The quantitative estimate of drug-likeness (QED) is 0.691. The third-order valence-corrected chi connectivity index (χ3v) is 5.57. The van der Waals surface area contributed by atoms with E-state index in [1.807, 2.05) is 0 Å². The second-order valence-corrected chi connectivity index (χ2v) is 7.31. The van der Waals surface area contributed by atoms with Crippen LogP contribution in [0.1, 0.15) is 65.7 Å². The highest BCUT2D eigenvalue weighted by molar-refractivity contribution is 6.09. The van der Waals surface area contributed by atoms with E-state index in [4.69, 9.17) is 11.5 Å².